The van der Waals surface area contributed by atoms with Crippen molar-refractivity contribution in [2.24, 2.45) is 0 Å². The summed E-state index contributed by atoms with van der Waals surface area (Å²) in [7, 11) is 0. The maximum absolute atomic E-state index is 12.4. The molecule has 0 heterocycles. The van der Waals surface area contributed by atoms with Crippen molar-refractivity contribution >= 4 is 18.0 Å². The van der Waals surface area contributed by atoms with Gasteiger partial charge in [-0.15, -0.1) is 0 Å². The second-order valence-electron chi connectivity index (χ2n) is 7.37. The molecule has 3 rings (SSSR count). The van der Waals surface area contributed by atoms with Crippen LogP contribution in [0.4, 0.5) is 4.79 Å². The second kappa shape index (κ2) is 9.93. The number of amides is 2. The van der Waals surface area contributed by atoms with Crippen LogP contribution in [0.25, 0.3) is 11.1 Å². The molecule has 7 heteroatoms. The predicted octanol–water partition coefficient (Wildman–Crippen LogP) is 3.45. The molecule has 1 aliphatic rings. The van der Waals surface area contributed by atoms with Crippen molar-refractivity contribution < 1.29 is 24.2 Å². The number of alkyl carbamates (subject to hydrolysis) is 1. The number of rotatable bonds is 8. The molecule has 0 unspecified atom stereocenters. The van der Waals surface area contributed by atoms with Crippen molar-refractivity contribution in [3.8, 4) is 11.1 Å². The summed E-state index contributed by atoms with van der Waals surface area (Å²) in [6.07, 6.45) is 1.11. The van der Waals surface area contributed by atoms with Crippen LogP contribution >= 0.6 is 0 Å². The molecular formula is C24H26N2O5. The first-order valence-electron chi connectivity index (χ1n) is 10.2. The van der Waals surface area contributed by atoms with Gasteiger partial charge in [0.05, 0.1) is 0 Å². The lowest BCUT2D eigenvalue weighted by Gasteiger charge is -2.18. The number of hydrogen-bond donors (Lipinski definition) is 3. The Bertz CT molecular complexity index is 969. The lowest BCUT2D eigenvalue weighted by Crippen LogP contribution is -2.46. The minimum atomic E-state index is -1.04. The van der Waals surface area contributed by atoms with Gasteiger partial charge < -0.3 is 20.5 Å². The van der Waals surface area contributed by atoms with E-state index < -0.39 is 24.0 Å². The van der Waals surface area contributed by atoms with E-state index in [1.54, 1.807) is 6.92 Å². The average Bonchev–Trinajstić information content (AvgIpc) is 3.09. The Labute approximate surface area is 181 Å². The van der Waals surface area contributed by atoms with Gasteiger partial charge in [-0.2, -0.15) is 0 Å². The molecule has 0 aromatic heterocycles. The summed E-state index contributed by atoms with van der Waals surface area (Å²) in [5.74, 6) is -1.50. The Morgan fingerprint density at radius 1 is 1.06 bits per heavy atom. The molecule has 2 amide bonds. The molecule has 3 N–H and O–H groups in total. The van der Waals surface area contributed by atoms with Crippen molar-refractivity contribution in [1.29, 1.82) is 0 Å². The zero-order valence-electron chi connectivity index (χ0n) is 17.6. The molecule has 0 aliphatic heterocycles. The van der Waals surface area contributed by atoms with E-state index in [-0.39, 0.29) is 24.6 Å². The number of fused-ring (bicyclic) bond motifs is 3. The van der Waals surface area contributed by atoms with Crippen molar-refractivity contribution in [2.75, 3.05) is 13.2 Å². The largest absolute Gasteiger partial charge is 0.478 e. The van der Waals surface area contributed by atoms with Gasteiger partial charge in [0.1, 0.15) is 12.6 Å². The van der Waals surface area contributed by atoms with Crippen LogP contribution in [0, 0.1) is 0 Å². The molecule has 1 aliphatic carbocycles. The number of carbonyl (C=O) groups is 3. The number of carboxylic acids is 1. The molecule has 2 aromatic rings. The zero-order valence-corrected chi connectivity index (χ0v) is 17.6. The molecule has 0 radical (unpaired) electrons. The van der Waals surface area contributed by atoms with Gasteiger partial charge in [0.25, 0.3) is 0 Å². The number of aliphatic carboxylic acids is 1. The SMILES string of the molecule is CC[C@@H](NC(=O)OCC1c2ccccc2-c2ccccc21)C(=O)NC/C=C(\C)C(=O)O. The van der Waals surface area contributed by atoms with Gasteiger partial charge in [-0.3, -0.25) is 4.79 Å². The van der Waals surface area contributed by atoms with Gasteiger partial charge >= 0.3 is 12.1 Å². The highest BCUT2D eigenvalue weighted by Gasteiger charge is 2.29. The summed E-state index contributed by atoms with van der Waals surface area (Å²) in [6.45, 7) is 3.45. The molecule has 0 fully saturated rings. The number of ether oxygens (including phenoxy) is 1. The van der Waals surface area contributed by atoms with Crippen LogP contribution in [-0.2, 0) is 14.3 Å². The Kier molecular flexibility index (Phi) is 7.07. The standard InChI is InChI=1S/C24H26N2O5/c1-3-21(22(27)25-13-12-15(2)23(28)29)26-24(30)31-14-20-18-10-6-4-8-16(18)17-9-5-7-11-19(17)20/h4-12,20-21H,3,13-14H2,1-2H3,(H,25,27)(H,26,30)(H,28,29)/b15-12+/t21-/m1/s1. The minimum Gasteiger partial charge on any atom is -0.478 e. The Hall–Kier alpha value is -3.61. The number of nitrogens with one attached hydrogen (secondary N) is 2. The fourth-order valence-corrected chi connectivity index (χ4v) is 3.65. The zero-order chi connectivity index (χ0) is 22.4. The molecule has 31 heavy (non-hydrogen) atoms. The molecular weight excluding hydrogens is 396 g/mol. The molecule has 0 saturated heterocycles. The first kappa shape index (κ1) is 22.1. The molecule has 0 spiro atoms. The second-order valence-corrected chi connectivity index (χ2v) is 7.37. The predicted molar refractivity (Wildman–Crippen MR) is 117 cm³/mol. The fourth-order valence-electron chi connectivity index (χ4n) is 3.65. The highest BCUT2D eigenvalue weighted by molar-refractivity contribution is 5.87. The topological polar surface area (TPSA) is 105 Å². The van der Waals surface area contributed by atoms with Crippen LogP contribution in [-0.4, -0.2) is 42.3 Å². The van der Waals surface area contributed by atoms with Crippen molar-refractivity contribution in [3.05, 3.63) is 71.3 Å². The van der Waals surface area contributed by atoms with Crippen LogP contribution in [0.5, 0.6) is 0 Å². The van der Waals surface area contributed by atoms with Gasteiger partial charge in [-0.25, -0.2) is 9.59 Å². The van der Waals surface area contributed by atoms with E-state index in [9.17, 15) is 14.4 Å². The van der Waals surface area contributed by atoms with Crippen molar-refractivity contribution in [1.82, 2.24) is 10.6 Å². The average molecular weight is 422 g/mol. The van der Waals surface area contributed by atoms with Crippen LogP contribution in [0.15, 0.2) is 60.2 Å². The summed E-state index contributed by atoms with van der Waals surface area (Å²) >= 11 is 0. The van der Waals surface area contributed by atoms with Gasteiger partial charge in [-0.05, 0) is 35.6 Å². The lowest BCUT2D eigenvalue weighted by atomic mass is 9.98. The number of carboxylic acid groups (broad SMARTS) is 1. The Morgan fingerprint density at radius 3 is 2.19 bits per heavy atom. The van der Waals surface area contributed by atoms with Crippen LogP contribution in [0.1, 0.15) is 37.3 Å². The van der Waals surface area contributed by atoms with Crippen molar-refractivity contribution in [2.45, 2.75) is 32.2 Å². The monoisotopic (exact) mass is 422 g/mol. The van der Waals surface area contributed by atoms with Crippen molar-refractivity contribution in [3.63, 3.8) is 0 Å². The summed E-state index contributed by atoms with van der Waals surface area (Å²) in [5.41, 5.74) is 4.65. The maximum Gasteiger partial charge on any atom is 0.407 e. The number of carbonyl (C=O) groups excluding carboxylic acids is 2. The highest BCUT2D eigenvalue weighted by atomic mass is 16.5. The van der Waals surface area contributed by atoms with E-state index in [0.29, 0.717) is 6.42 Å². The Balaban J connectivity index is 1.57. The van der Waals surface area contributed by atoms with Gasteiger partial charge in [0, 0.05) is 18.0 Å². The van der Waals surface area contributed by atoms with E-state index in [0.717, 1.165) is 22.3 Å². The normalized spacial score (nSPS) is 13.7. The number of hydrogen-bond acceptors (Lipinski definition) is 4. The van der Waals surface area contributed by atoms with Gasteiger partial charge in [0.2, 0.25) is 5.91 Å². The van der Waals surface area contributed by atoms with E-state index in [1.165, 1.54) is 13.0 Å². The van der Waals surface area contributed by atoms with Gasteiger partial charge in [0.15, 0.2) is 0 Å². The third-order valence-corrected chi connectivity index (χ3v) is 5.38. The third-order valence-electron chi connectivity index (χ3n) is 5.38. The summed E-state index contributed by atoms with van der Waals surface area (Å²) in [5, 5.41) is 14.0. The smallest absolute Gasteiger partial charge is 0.407 e. The molecule has 0 saturated carbocycles. The molecule has 7 nitrogen and oxygen atoms in total. The van der Waals surface area contributed by atoms with E-state index in [2.05, 4.69) is 22.8 Å². The third kappa shape index (κ3) is 5.12. The quantitative estimate of drug-likeness (QED) is 0.565. The Morgan fingerprint density at radius 2 is 1.65 bits per heavy atom. The minimum absolute atomic E-state index is 0.0591. The molecule has 0 bridgehead atoms. The lowest BCUT2D eigenvalue weighted by molar-refractivity contribution is -0.132. The fraction of sp³-hybridized carbons (Fsp3) is 0.292. The van der Waals surface area contributed by atoms with E-state index in [4.69, 9.17) is 9.84 Å². The number of benzene rings is 2. The summed E-state index contributed by atoms with van der Waals surface area (Å²) in [4.78, 5) is 35.4. The first-order chi connectivity index (χ1) is 14.9. The van der Waals surface area contributed by atoms with Gasteiger partial charge in [-0.1, -0.05) is 61.5 Å². The molecule has 162 valence electrons. The first-order valence-corrected chi connectivity index (χ1v) is 10.2. The summed E-state index contributed by atoms with van der Waals surface area (Å²) in [6, 6.07) is 15.3. The molecule has 2 aromatic carbocycles. The summed E-state index contributed by atoms with van der Waals surface area (Å²) < 4.78 is 5.48. The maximum atomic E-state index is 12.4. The van der Waals surface area contributed by atoms with Crippen LogP contribution in [0.2, 0.25) is 0 Å². The van der Waals surface area contributed by atoms with Crippen LogP contribution < -0.4 is 10.6 Å². The highest BCUT2D eigenvalue weighted by Crippen LogP contribution is 2.44. The van der Waals surface area contributed by atoms with Crippen LogP contribution in [0.3, 0.4) is 0 Å². The molecule has 1 atom stereocenters. The van der Waals surface area contributed by atoms with E-state index >= 15 is 0 Å². The van der Waals surface area contributed by atoms with E-state index in [1.807, 2.05) is 36.4 Å².